The molecule has 2 saturated heterocycles. The first kappa shape index (κ1) is 22.0. The van der Waals surface area contributed by atoms with Gasteiger partial charge in [0.2, 0.25) is 0 Å². The summed E-state index contributed by atoms with van der Waals surface area (Å²) in [4.78, 5) is 14.1. The highest BCUT2D eigenvalue weighted by atomic mass is 16.5. The third kappa shape index (κ3) is 4.12. The van der Waals surface area contributed by atoms with Gasteiger partial charge in [0.15, 0.2) is 5.65 Å². The van der Waals surface area contributed by atoms with Gasteiger partial charge in [-0.3, -0.25) is 4.68 Å². The molecule has 0 bridgehead atoms. The van der Waals surface area contributed by atoms with E-state index in [2.05, 4.69) is 50.4 Å². The number of hydrogen-bond acceptors (Lipinski definition) is 8. The van der Waals surface area contributed by atoms with Crippen molar-refractivity contribution in [3.63, 3.8) is 0 Å². The van der Waals surface area contributed by atoms with Gasteiger partial charge in [0.25, 0.3) is 0 Å². The SMILES string of the molecule is COc1cc(-c2ncc(-c3cnn(C4CCOCC4)c3)n3ncnc23)ccc1N1CCN(C)CC1. The maximum absolute atomic E-state index is 5.79. The molecule has 5 heterocycles. The van der Waals surface area contributed by atoms with Crippen LogP contribution in [0.2, 0.25) is 0 Å². The highest BCUT2D eigenvalue weighted by molar-refractivity contribution is 5.79. The summed E-state index contributed by atoms with van der Waals surface area (Å²) in [7, 11) is 3.88. The molecule has 2 fully saturated rings. The zero-order valence-electron chi connectivity index (χ0n) is 20.2. The average molecular weight is 475 g/mol. The summed E-state index contributed by atoms with van der Waals surface area (Å²) in [6.07, 6.45) is 9.32. The van der Waals surface area contributed by atoms with Gasteiger partial charge in [0.05, 0.1) is 36.9 Å². The Morgan fingerprint density at radius 3 is 2.60 bits per heavy atom. The smallest absolute Gasteiger partial charge is 0.182 e. The molecule has 0 saturated carbocycles. The first-order valence-electron chi connectivity index (χ1n) is 12.1. The number of ether oxygens (including phenoxy) is 2. The van der Waals surface area contributed by atoms with E-state index in [1.807, 2.05) is 27.7 Å². The normalized spacial score (nSPS) is 17.8. The number of rotatable bonds is 5. The van der Waals surface area contributed by atoms with Gasteiger partial charge in [-0.15, -0.1) is 0 Å². The molecule has 4 aromatic rings. The lowest BCUT2D eigenvalue weighted by molar-refractivity contribution is 0.0662. The fraction of sp³-hybridized carbons (Fsp3) is 0.440. The molecular weight excluding hydrogens is 444 g/mol. The van der Waals surface area contributed by atoms with Crippen LogP contribution in [0.1, 0.15) is 18.9 Å². The van der Waals surface area contributed by atoms with E-state index in [9.17, 15) is 0 Å². The van der Waals surface area contributed by atoms with Crippen LogP contribution in [0.15, 0.2) is 43.1 Å². The summed E-state index contributed by atoms with van der Waals surface area (Å²) >= 11 is 0. The van der Waals surface area contributed by atoms with E-state index in [0.717, 1.165) is 86.2 Å². The van der Waals surface area contributed by atoms with E-state index in [4.69, 9.17) is 14.5 Å². The number of methoxy groups -OCH3 is 1. The molecule has 3 aromatic heterocycles. The minimum absolute atomic E-state index is 0.363. The van der Waals surface area contributed by atoms with Gasteiger partial charge >= 0.3 is 0 Å². The molecular formula is C25H30N8O2. The highest BCUT2D eigenvalue weighted by Crippen LogP contribution is 2.35. The molecule has 0 atom stereocenters. The lowest BCUT2D eigenvalue weighted by Gasteiger charge is -2.34. The zero-order chi connectivity index (χ0) is 23.8. The molecule has 1 aromatic carbocycles. The topological polar surface area (TPSA) is 85.8 Å². The van der Waals surface area contributed by atoms with Crippen molar-refractivity contribution in [3.8, 4) is 28.3 Å². The third-order valence-electron chi connectivity index (χ3n) is 7.06. The number of nitrogens with zero attached hydrogens (tertiary/aromatic N) is 8. The van der Waals surface area contributed by atoms with Crippen LogP contribution >= 0.6 is 0 Å². The summed E-state index contributed by atoms with van der Waals surface area (Å²) in [5.74, 6) is 0.841. The number of piperazine rings is 1. The van der Waals surface area contributed by atoms with Gasteiger partial charge in [0.1, 0.15) is 17.8 Å². The minimum atomic E-state index is 0.363. The second-order valence-corrected chi connectivity index (χ2v) is 9.22. The van der Waals surface area contributed by atoms with Gasteiger partial charge in [-0.2, -0.15) is 10.2 Å². The van der Waals surface area contributed by atoms with Crippen LogP contribution in [0.4, 0.5) is 5.69 Å². The highest BCUT2D eigenvalue weighted by Gasteiger charge is 2.21. The molecule has 10 nitrogen and oxygen atoms in total. The number of benzene rings is 1. The Bertz CT molecular complexity index is 1320. The Labute approximate surface area is 204 Å². The van der Waals surface area contributed by atoms with Gasteiger partial charge in [-0.25, -0.2) is 14.5 Å². The van der Waals surface area contributed by atoms with E-state index in [1.165, 1.54) is 0 Å². The molecule has 2 aliphatic rings. The van der Waals surface area contributed by atoms with E-state index in [0.29, 0.717) is 11.7 Å². The molecule has 0 radical (unpaired) electrons. The number of hydrogen-bond donors (Lipinski definition) is 0. The maximum atomic E-state index is 5.79. The largest absolute Gasteiger partial charge is 0.495 e. The van der Waals surface area contributed by atoms with Crippen molar-refractivity contribution in [2.24, 2.45) is 0 Å². The molecule has 6 rings (SSSR count). The molecule has 182 valence electrons. The predicted molar refractivity (Wildman–Crippen MR) is 133 cm³/mol. The van der Waals surface area contributed by atoms with E-state index < -0.39 is 0 Å². The Morgan fingerprint density at radius 2 is 1.80 bits per heavy atom. The second-order valence-electron chi connectivity index (χ2n) is 9.22. The number of aromatic nitrogens is 6. The number of fused-ring (bicyclic) bond motifs is 1. The van der Waals surface area contributed by atoms with Crippen molar-refractivity contribution < 1.29 is 9.47 Å². The van der Waals surface area contributed by atoms with Crippen LogP contribution in [-0.4, -0.2) is 87.8 Å². The van der Waals surface area contributed by atoms with Gasteiger partial charge in [-0.05, 0) is 32.0 Å². The van der Waals surface area contributed by atoms with Crippen molar-refractivity contribution in [2.75, 3.05) is 58.5 Å². The Balaban J connectivity index is 1.33. The van der Waals surface area contributed by atoms with Crippen molar-refractivity contribution in [2.45, 2.75) is 18.9 Å². The van der Waals surface area contributed by atoms with Crippen molar-refractivity contribution >= 4 is 11.3 Å². The van der Waals surface area contributed by atoms with Crippen LogP contribution < -0.4 is 9.64 Å². The molecule has 0 N–H and O–H groups in total. The first-order valence-corrected chi connectivity index (χ1v) is 12.1. The first-order chi connectivity index (χ1) is 17.2. The molecule has 10 heteroatoms. The Morgan fingerprint density at radius 1 is 0.971 bits per heavy atom. The molecule has 35 heavy (non-hydrogen) atoms. The predicted octanol–water partition coefficient (Wildman–Crippen LogP) is 2.77. The van der Waals surface area contributed by atoms with Crippen LogP contribution in [0, 0.1) is 0 Å². The lowest BCUT2D eigenvalue weighted by atomic mass is 10.1. The minimum Gasteiger partial charge on any atom is -0.495 e. The van der Waals surface area contributed by atoms with Gasteiger partial charge < -0.3 is 19.3 Å². The number of anilines is 1. The zero-order valence-corrected chi connectivity index (χ0v) is 20.2. The summed E-state index contributed by atoms with van der Waals surface area (Å²) in [6, 6.07) is 6.63. The summed E-state index contributed by atoms with van der Waals surface area (Å²) < 4.78 is 15.2. The van der Waals surface area contributed by atoms with Crippen molar-refractivity contribution in [3.05, 3.63) is 43.1 Å². The molecule has 0 aliphatic carbocycles. The van der Waals surface area contributed by atoms with Gasteiger partial charge in [0, 0.05) is 56.7 Å². The second kappa shape index (κ2) is 9.27. The lowest BCUT2D eigenvalue weighted by Crippen LogP contribution is -2.44. The Hall–Kier alpha value is -3.50. The van der Waals surface area contributed by atoms with Crippen molar-refractivity contribution in [1.29, 1.82) is 0 Å². The maximum Gasteiger partial charge on any atom is 0.182 e. The van der Waals surface area contributed by atoms with E-state index in [-0.39, 0.29) is 0 Å². The Kier molecular flexibility index (Phi) is 5.83. The van der Waals surface area contributed by atoms with Crippen LogP contribution in [-0.2, 0) is 4.74 Å². The van der Waals surface area contributed by atoms with E-state index >= 15 is 0 Å². The molecule has 2 aliphatic heterocycles. The van der Waals surface area contributed by atoms with Crippen molar-refractivity contribution in [1.82, 2.24) is 34.3 Å². The monoisotopic (exact) mass is 474 g/mol. The molecule has 0 spiro atoms. The summed E-state index contributed by atoms with van der Waals surface area (Å²) in [5, 5.41) is 9.13. The third-order valence-corrected chi connectivity index (χ3v) is 7.06. The summed E-state index contributed by atoms with van der Waals surface area (Å²) in [5.41, 5.74) is 5.36. The standard InChI is InChI=1S/C25H30N8O2/c1-30-7-9-31(10-8-30)21-4-3-18(13-23(21)34-2)24-25-27-17-29-33(25)22(15-26-24)19-14-28-32(16-19)20-5-11-35-12-6-20/h3-4,13-17,20H,5-12H2,1-2H3. The average Bonchev–Trinajstić information content (AvgIpc) is 3.60. The molecule has 0 unspecified atom stereocenters. The van der Waals surface area contributed by atoms with Crippen LogP contribution in [0.3, 0.4) is 0 Å². The van der Waals surface area contributed by atoms with Gasteiger partial charge in [-0.1, -0.05) is 6.07 Å². The summed E-state index contributed by atoms with van der Waals surface area (Å²) in [6.45, 7) is 5.60. The van der Waals surface area contributed by atoms with Crippen LogP contribution in [0.5, 0.6) is 5.75 Å². The molecule has 0 amide bonds. The fourth-order valence-electron chi connectivity index (χ4n) is 4.97. The van der Waals surface area contributed by atoms with Crippen LogP contribution in [0.25, 0.3) is 28.2 Å². The fourth-order valence-corrected chi connectivity index (χ4v) is 4.97. The van der Waals surface area contributed by atoms with E-state index in [1.54, 1.807) is 13.4 Å². The quantitative estimate of drug-likeness (QED) is 0.437. The number of likely N-dealkylation sites (N-methyl/N-ethyl adjacent to an activating group) is 1.